The first-order valence-corrected chi connectivity index (χ1v) is 10.7. The number of nitrogens with one attached hydrogen (secondary N) is 2. The molecule has 1 aromatic carbocycles. The van der Waals surface area contributed by atoms with E-state index >= 15 is 0 Å². The molecule has 0 saturated heterocycles. The van der Waals surface area contributed by atoms with E-state index in [4.69, 9.17) is 0 Å². The molecule has 0 radical (unpaired) electrons. The fourth-order valence-corrected chi connectivity index (χ4v) is 3.49. The Morgan fingerprint density at radius 2 is 1.75 bits per heavy atom. The molecule has 2 N–H and O–H groups in total. The number of hydrogen-bond donors (Lipinski definition) is 2. The van der Waals surface area contributed by atoms with Crippen molar-refractivity contribution >= 4 is 23.0 Å². The molecule has 0 atom stereocenters. The highest BCUT2D eigenvalue weighted by Gasteiger charge is 2.21. The molecule has 0 aliphatic carbocycles. The van der Waals surface area contributed by atoms with Crippen LogP contribution in [0.15, 0.2) is 27.8 Å². The maximum Gasteiger partial charge on any atom is 0.332 e. The number of imidazole rings is 1. The van der Waals surface area contributed by atoms with Crippen molar-refractivity contribution in [3.05, 3.63) is 55.7 Å². The van der Waals surface area contributed by atoms with E-state index in [1.165, 1.54) is 11.6 Å². The summed E-state index contributed by atoms with van der Waals surface area (Å²) in [5, 5.41) is 6.12. The van der Waals surface area contributed by atoms with Gasteiger partial charge in [0.05, 0.1) is 6.54 Å². The van der Waals surface area contributed by atoms with Crippen LogP contribution in [-0.4, -0.2) is 37.7 Å². The van der Waals surface area contributed by atoms with E-state index < -0.39 is 16.7 Å². The lowest BCUT2D eigenvalue weighted by Crippen LogP contribution is -2.37. The zero-order valence-electron chi connectivity index (χ0n) is 19.9. The van der Waals surface area contributed by atoms with Gasteiger partial charge in [0.15, 0.2) is 11.2 Å². The van der Waals surface area contributed by atoms with Crippen LogP contribution in [0.1, 0.15) is 37.5 Å². The quantitative estimate of drug-likeness (QED) is 0.568. The van der Waals surface area contributed by atoms with Crippen LogP contribution in [0.3, 0.4) is 0 Å². The SMILES string of the molecule is Cc1ccc(C)c(Cn2c(NCCNC(=O)C(C)(C)C)nc3c2c(=O)n(C)c(=O)n3C)c1. The molecule has 0 aliphatic heterocycles. The van der Waals surface area contributed by atoms with Crippen LogP contribution in [0.4, 0.5) is 5.95 Å². The summed E-state index contributed by atoms with van der Waals surface area (Å²) in [7, 11) is 3.07. The molecule has 2 heterocycles. The zero-order chi connectivity index (χ0) is 23.8. The molecule has 9 heteroatoms. The maximum absolute atomic E-state index is 13.0. The van der Waals surface area contributed by atoms with Crippen LogP contribution >= 0.6 is 0 Å². The van der Waals surface area contributed by atoms with E-state index in [0.717, 1.165) is 21.3 Å². The molecule has 172 valence electrons. The summed E-state index contributed by atoms with van der Waals surface area (Å²) in [6.07, 6.45) is 0. The molecule has 3 rings (SSSR count). The van der Waals surface area contributed by atoms with Crippen LogP contribution in [0.5, 0.6) is 0 Å². The summed E-state index contributed by atoms with van der Waals surface area (Å²) in [6, 6.07) is 6.18. The number of anilines is 1. The van der Waals surface area contributed by atoms with E-state index in [1.807, 2.05) is 51.3 Å². The van der Waals surface area contributed by atoms with E-state index in [-0.39, 0.29) is 5.91 Å². The Bertz CT molecular complexity index is 1290. The molecule has 0 unspecified atom stereocenters. The number of benzene rings is 1. The number of aryl methyl sites for hydroxylation is 3. The summed E-state index contributed by atoms with van der Waals surface area (Å²) in [6.45, 7) is 10.9. The largest absolute Gasteiger partial charge is 0.354 e. The molecule has 0 bridgehead atoms. The minimum Gasteiger partial charge on any atom is -0.354 e. The van der Waals surface area contributed by atoms with Gasteiger partial charge >= 0.3 is 5.69 Å². The van der Waals surface area contributed by atoms with Crippen LogP contribution in [0, 0.1) is 19.3 Å². The smallest absolute Gasteiger partial charge is 0.332 e. The van der Waals surface area contributed by atoms with E-state index in [0.29, 0.717) is 36.7 Å². The highest BCUT2D eigenvalue weighted by atomic mass is 16.2. The van der Waals surface area contributed by atoms with Gasteiger partial charge in [-0.25, -0.2) is 4.79 Å². The number of nitrogens with zero attached hydrogens (tertiary/aromatic N) is 4. The molecule has 32 heavy (non-hydrogen) atoms. The number of carbonyl (C=O) groups excluding carboxylic acids is 1. The molecule has 9 nitrogen and oxygen atoms in total. The summed E-state index contributed by atoms with van der Waals surface area (Å²) in [5.74, 6) is 0.434. The maximum atomic E-state index is 13.0. The summed E-state index contributed by atoms with van der Waals surface area (Å²) in [4.78, 5) is 42.1. The van der Waals surface area contributed by atoms with Crippen molar-refractivity contribution in [2.75, 3.05) is 18.4 Å². The highest BCUT2D eigenvalue weighted by molar-refractivity contribution is 5.81. The predicted octanol–water partition coefficient (Wildman–Crippen LogP) is 1.67. The van der Waals surface area contributed by atoms with Gasteiger partial charge in [-0.05, 0) is 25.0 Å². The van der Waals surface area contributed by atoms with Crippen LogP contribution in [-0.2, 0) is 25.4 Å². The van der Waals surface area contributed by atoms with Gasteiger partial charge in [-0.1, -0.05) is 44.5 Å². The average molecular weight is 441 g/mol. The number of rotatable bonds is 6. The first-order chi connectivity index (χ1) is 14.9. The van der Waals surface area contributed by atoms with Crippen molar-refractivity contribution in [1.82, 2.24) is 24.0 Å². The Labute approximate surface area is 187 Å². The number of fused-ring (bicyclic) bond motifs is 1. The fourth-order valence-electron chi connectivity index (χ4n) is 3.49. The Hall–Kier alpha value is -3.36. The average Bonchev–Trinajstić information content (AvgIpc) is 3.08. The molecule has 0 saturated carbocycles. The monoisotopic (exact) mass is 440 g/mol. The summed E-state index contributed by atoms with van der Waals surface area (Å²) >= 11 is 0. The second-order valence-electron chi connectivity index (χ2n) is 9.26. The standard InChI is InChI=1S/C23H32N6O3/c1-14-8-9-15(2)16(12-14)13-29-17-18(27(6)22(32)28(7)19(17)30)26-21(29)25-11-10-24-20(31)23(3,4)5/h8-9,12H,10-11,13H2,1-7H3,(H,24,31)(H,25,26). The lowest BCUT2D eigenvalue weighted by molar-refractivity contribution is -0.128. The minimum atomic E-state index is -0.472. The normalized spacial score (nSPS) is 11.7. The predicted molar refractivity (Wildman–Crippen MR) is 126 cm³/mol. The fraction of sp³-hybridized carbons (Fsp3) is 0.478. The Balaban J connectivity index is 2.02. The van der Waals surface area contributed by atoms with Crippen LogP contribution < -0.4 is 21.9 Å². The van der Waals surface area contributed by atoms with Crippen molar-refractivity contribution < 1.29 is 4.79 Å². The minimum absolute atomic E-state index is 0.0422. The third kappa shape index (κ3) is 4.46. The molecule has 0 aliphatic rings. The second kappa shape index (κ2) is 8.64. The van der Waals surface area contributed by atoms with E-state index in [2.05, 4.69) is 21.7 Å². The summed E-state index contributed by atoms with van der Waals surface area (Å²) in [5.41, 5.74) is 2.67. The van der Waals surface area contributed by atoms with Crippen molar-refractivity contribution in [1.29, 1.82) is 0 Å². The molecule has 0 fully saturated rings. The van der Waals surface area contributed by atoms with Crippen LogP contribution in [0.2, 0.25) is 0 Å². The summed E-state index contributed by atoms with van der Waals surface area (Å²) < 4.78 is 4.28. The molecular weight excluding hydrogens is 408 g/mol. The molecular formula is C23H32N6O3. The van der Waals surface area contributed by atoms with E-state index in [9.17, 15) is 14.4 Å². The highest BCUT2D eigenvalue weighted by Crippen LogP contribution is 2.20. The van der Waals surface area contributed by atoms with Gasteiger partial charge in [0.2, 0.25) is 11.9 Å². The molecule has 2 aromatic heterocycles. The van der Waals surface area contributed by atoms with Gasteiger partial charge in [-0.2, -0.15) is 4.98 Å². The topological polar surface area (TPSA) is 103 Å². The van der Waals surface area contributed by atoms with Crippen molar-refractivity contribution in [3.63, 3.8) is 0 Å². The van der Waals surface area contributed by atoms with Gasteiger partial charge in [0.25, 0.3) is 5.56 Å². The van der Waals surface area contributed by atoms with Gasteiger partial charge in [-0.3, -0.25) is 23.3 Å². The van der Waals surface area contributed by atoms with E-state index in [1.54, 1.807) is 7.05 Å². The number of amides is 1. The lowest BCUT2D eigenvalue weighted by atomic mass is 9.96. The van der Waals surface area contributed by atoms with Gasteiger partial charge < -0.3 is 10.6 Å². The third-order valence-corrected chi connectivity index (χ3v) is 5.56. The van der Waals surface area contributed by atoms with Crippen molar-refractivity contribution in [3.8, 4) is 0 Å². The lowest BCUT2D eigenvalue weighted by Gasteiger charge is -2.18. The molecule has 3 aromatic rings. The third-order valence-electron chi connectivity index (χ3n) is 5.56. The van der Waals surface area contributed by atoms with Crippen molar-refractivity contribution in [2.24, 2.45) is 19.5 Å². The van der Waals surface area contributed by atoms with Gasteiger partial charge in [0.1, 0.15) is 0 Å². The Morgan fingerprint density at radius 3 is 2.41 bits per heavy atom. The molecule has 0 spiro atoms. The number of carbonyl (C=O) groups is 1. The van der Waals surface area contributed by atoms with Gasteiger partial charge in [0, 0.05) is 32.6 Å². The first kappa shape index (κ1) is 23.3. The molecule has 1 amide bonds. The van der Waals surface area contributed by atoms with Crippen molar-refractivity contribution in [2.45, 2.75) is 41.2 Å². The first-order valence-electron chi connectivity index (χ1n) is 10.7. The second-order valence-corrected chi connectivity index (χ2v) is 9.26. The Morgan fingerprint density at radius 1 is 1.06 bits per heavy atom. The Kier molecular flexibility index (Phi) is 6.29. The zero-order valence-corrected chi connectivity index (χ0v) is 19.9. The van der Waals surface area contributed by atoms with Gasteiger partial charge in [-0.15, -0.1) is 0 Å². The van der Waals surface area contributed by atoms with Crippen LogP contribution in [0.25, 0.3) is 11.2 Å². The number of hydrogen-bond acceptors (Lipinski definition) is 5. The number of aromatic nitrogens is 4.